The quantitative estimate of drug-likeness (QED) is 0.771. The van der Waals surface area contributed by atoms with Crippen molar-refractivity contribution in [3.63, 3.8) is 0 Å². The Morgan fingerprint density at radius 3 is 3.00 bits per heavy atom. The maximum absolute atomic E-state index is 5.63. The van der Waals surface area contributed by atoms with Crippen molar-refractivity contribution < 1.29 is 0 Å². The first-order valence-electron chi connectivity index (χ1n) is 5.24. The van der Waals surface area contributed by atoms with Gasteiger partial charge in [-0.1, -0.05) is 17.7 Å². The van der Waals surface area contributed by atoms with Gasteiger partial charge < -0.3 is 10.6 Å². The normalized spacial score (nSPS) is 19.9. The van der Waals surface area contributed by atoms with Gasteiger partial charge in [0.1, 0.15) is 0 Å². The molecular formula is C12H18N2. The van der Waals surface area contributed by atoms with Crippen LogP contribution in [0.15, 0.2) is 18.2 Å². The van der Waals surface area contributed by atoms with Gasteiger partial charge in [0.25, 0.3) is 0 Å². The molecule has 0 radical (unpaired) electrons. The van der Waals surface area contributed by atoms with Gasteiger partial charge in [0, 0.05) is 25.2 Å². The van der Waals surface area contributed by atoms with Crippen molar-refractivity contribution in [1.29, 1.82) is 0 Å². The molecule has 1 aliphatic rings. The van der Waals surface area contributed by atoms with Gasteiger partial charge in [0.05, 0.1) is 0 Å². The Balaban J connectivity index is 2.35. The van der Waals surface area contributed by atoms with Crippen LogP contribution in [0, 0.1) is 6.92 Å². The summed E-state index contributed by atoms with van der Waals surface area (Å²) in [6.07, 6.45) is 1.10. The highest BCUT2D eigenvalue weighted by Gasteiger charge is 2.25. The molecule has 0 aromatic heterocycles. The van der Waals surface area contributed by atoms with Crippen molar-refractivity contribution in [2.75, 3.05) is 25.0 Å². The molecule has 1 atom stereocenters. The molecule has 0 fully saturated rings. The number of nitrogens with two attached hydrogens (primary N) is 1. The first-order valence-corrected chi connectivity index (χ1v) is 5.24. The van der Waals surface area contributed by atoms with Crippen LogP contribution in [0.3, 0.4) is 0 Å². The number of nitrogens with zero attached hydrogens (tertiary/aromatic N) is 1. The summed E-state index contributed by atoms with van der Waals surface area (Å²) < 4.78 is 0. The van der Waals surface area contributed by atoms with Crippen LogP contribution in [0.2, 0.25) is 0 Å². The summed E-state index contributed by atoms with van der Waals surface area (Å²) in [5.74, 6) is 0.639. The molecule has 1 aromatic carbocycles. The number of likely N-dealkylation sites (N-methyl/N-ethyl adjacent to an activating group) is 1. The number of rotatable bonds is 2. The Morgan fingerprint density at radius 2 is 2.29 bits per heavy atom. The summed E-state index contributed by atoms with van der Waals surface area (Å²) in [7, 11) is 2.16. The highest BCUT2D eigenvalue weighted by atomic mass is 15.1. The molecule has 2 nitrogen and oxygen atoms in total. The minimum absolute atomic E-state index is 0.639. The van der Waals surface area contributed by atoms with E-state index in [1.165, 1.54) is 16.8 Å². The molecule has 1 heterocycles. The lowest BCUT2D eigenvalue weighted by Gasteiger charge is -2.11. The number of anilines is 1. The van der Waals surface area contributed by atoms with Crippen LogP contribution in [-0.2, 0) is 0 Å². The molecule has 0 saturated heterocycles. The second-order valence-electron chi connectivity index (χ2n) is 4.22. The van der Waals surface area contributed by atoms with E-state index in [4.69, 9.17) is 5.73 Å². The van der Waals surface area contributed by atoms with E-state index in [1.807, 2.05) is 0 Å². The van der Waals surface area contributed by atoms with Crippen LogP contribution in [-0.4, -0.2) is 20.1 Å². The number of fused-ring (bicyclic) bond motifs is 1. The number of aryl methyl sites for hydroxylation is 1. The van der Waals surface area contributed by atoms with Crippen LogP contribution in [0.25, 0.3) is 0 Å². The van der Waals surface area contributed by atoms with E-state index in [2.05, 4.69) is 37.1 Å². The predicted octanol–water partition coefficient (Wildman–Crippen LogP) is 1.88. The highest BCUT2D eigenvalue weighted by Crippen LogP contribution is 2.37. The zero-order valence-electron chi connectivity index (χ0n) is 8.96. The maximum Gasteiger partial charge on any atom is 0.0400 e. The van der Waals surface area contributed by atoms with Crippen LogP contribution < -0.4 is 10.6 Å². The molecule has 0 aliphatic carbocycles. The second kappa shape index (κ2) is 3.62. The lowest BCUT2D eigenvalue weighted by molar-refractivity contribution is 0.662. The van der Waals surface area contributed by atoms with Gasteiger partial charge in [0.15, 0.2) is 0 Å². The Bertz CT molecular complexity index is 333. The second-order valence-corrected chi connectivity index (χ2v) is 4.22. The van der Waals surface area contributed by atoms with Gasteiger partial charge in [-0.25, -0.2) is 0 Å². The summed E-state index contributed by atoms with van der Waals surface area (Å²) in [4.78, 5) is 2.33. The highest BCUT2D eigenvalue weighted by molar-refractivity contribution is 5.60. The van der Waals surface area contributed by atoms with E-state index in [0.29, 0.717) is 5.92 Å². The van der Waals surface area contributed by atoms with Gasteiger partial charge in [-0.15, -0.1) is 0 Å². The molecule has 76 valence electrons. The summed E-state index contributed by atoms with van der Waals surface area (Å²) in [6, 6.07) is 6.71. The minimum atomic E-state index is 0.639. The zero-order valence-corrected chi connectivity index (χ0v) is 8.96. The SMILES string of the molecule is Cc1ccc2c(c1)C(CCN)CN2C. The minimum Gasteiger partial charge on any atom is -0.374 e. The average molecular weight is 190 g/mol. The molecule has 14 heavy (non-hydrogen) atoms. The van der Waals surface area contributed by atoms with E-state index in [1.54, 1.807) is 0 Å². The van der Waals surface area contributed by atoms with Crippen LogP contribution >= 0.6 is 0 Å². The molecule has 0 amide bonds. The predicted molar refractivity (Wildman–Crippen MR) is 60.9 cm³/mol. The monoisotopic (exact) mass is 190 g/mol. The number of hydrogen-bond donors (Lipinski definition) is 1. The van der Waals surface area contributed by atoms with E-state index in [0.717, 1.165) is 19.5 Å². The topological polar surface area (TPSA) is 29.3 Å². The van der Waals surface area contributed by atoms with Crippen molar-refractivity contribution in [2.45, 2.75) is 19.3 Å². The zero-order chi connectivity index (χ0) is 10.1. The van der Waals surface area contributed by atoms with Crippen molar-refractivity contribution >= 4 is 5.69 Å². The Morgan fingerprint density at radius 1 is 1.50 bits per heavy atom. The largest absolute Gasteiger partial charge is 0.374 e. The third-order valence-electron chi connectivity index (χ3n) is 3.04. The summed E-state index contributed by atoms with van der Waals surface area (Å²) >= 11 is 0. The molecule has 0 spiro atoms. The van der Waals surface area contributed by atoms with Crippen LogP contribution in [0.5, 0.6) is 0 Å². The molecule has 0 bridgehead atoms. The Labute approximate surface area is 85.7 Å². The number of hydrogen-bond acceptors (Lipinski definition) is 2. The van der Waals surface area contributed by atoms with Crippen molar-refractivity contribution in [3.8, 4) is 0 Å². The molecule has 2 heteroatoms. The molecule has 1 unspecified atom stereocenters. The van der Waals surface area contributed by atoms with E-state index < -0.39 is 0 Å². The summed E-state index contributed by atoms with van der Waals surface area (Å²) in [5, 5.41) is 0. The van der Waals surface area contributed by atoms with E-state index in [9.17, 15) is 0 Å². The van der Waals surface area contributed by atoms with Gasteiger partial charge in [-0.05, 0) is 31.5 Å². The average Bonchev–Trinajstić information content (AvgIpc) is 2.44. The summed E-state index contributed by atoms with van der Waals surface area (Å²) in [5.41, 5.74) is 9.85. The Kier molecular flexibility index (Phi) is 2.46. The Hall–Kier alpha value is -1.02. The fourth-order valence-electron chi connectivity index (χ4n) is 2.32. The molecular weight excluding hydrogens is 172 g/mol. The van der Waals surface area contributed by atoms with E-state index in [-0.39, 0.29) is 0 Å². The van der Waals surface area contributed by atoms with Gasteiger partial charge in [0.2, 0.25) is 0 Å². The molecule has 2 rings (SSSR count). The lowest BCUT2D eigenvalue weighted by atomic mass is 9.97. The van der Waals surface area contributed by atoms with Crippen molar-refractivity contribution in [2.24, 2.45) is 5.73 Å². The smallest absolute Gasteiger partial charge is 0.0400 e. The van der Waals surface area contributed by atoms with Crippen molar-refractivity contribution in [3.05, 3.63) is 29.3 Å². The standard InChI is InChI=1S/C12H18N2/c1-9-3-4-12-11(7-9)10(5-6-13)8-14(12)2/h3-4,7,10H,5-6,8,13H2,1-2H3. The third-order valence-corrected chi connectivity index (χ3v) is 3.04. The third kappa shape index (κ3) is 1.50. The molecule has 1 aliphatic heterocycles. The molecule has 2 N–H and O–H groups in total. The van der Waals surface area contributed by atoms with E-state index >= 15 is 0 Å². The first-order chi connectivity index (χ1) is 6.72. The maximum atomic E-state index is 5.63. The lowest BCUT2D eigenvalue weighted by Crippen LogP contribution is -2.16. The van der Waals surface area contributed by atoms with Crippen LogP contribution in [0.4, 0.5) is 5.69 Å². The van der Waals surface area contributed by atoms with Gasteiger partial charge >= 0.3 is 0 Å². The summed E-state index contributed by atoms with van der Waals surface area (Å²) in [6.45, 7) is 4.06. The van der Waals surface area contributed by atoms with Gasteiger partial charge in [-0.2, -0.15) is 0 Å². The fourth-order valence-corrected chi connectivity index (χ4v) is 2.32. The fraction of sp³-hybridized carbons (Fsp3) is 0.500. The molecule has 0 saturated carbocycles. The molecule has 1 aromatic rings. The van der Waals surface area contributed by atoms with Crippen molar-refractivity contribution in [1.82, 2.24) is 0 Å². The first kappa shape index (κ1) is 9.53. The van der Waals surface area contributed by atoms with Gasteiger partial charge in [-0.3, -0.25) is 0 Å². The van der Waals surface area contributed by atoms with Crippen LogP contribution in [0.1, 0.15) is 23.5 Å². The number of benzene rings is 1.